The third-order valence-electron chi connectivity index (χ3n) is 3.26. The van der Waals surface area contributed by atoms with E-state index in [-0.39, 0.29) is 11.8 Å². The first-order valence-electron chi connectivity index (χ1n) is 5.73. The average molecular weight is 223 g/mol. The maximum absolute atomic E-state index is 11.0. The van der Waals surface area contributed by atoms with E-state index < -0.39 is 5.97 Å². The van der Waals surface area contributed by atoms with Crippen LogP contribution in [0, 0.1) is 11.8 Å². The van der Waals surface area contributed by atoms with Crippen LogP contribution in [0.1, 0.15) is 25.0 Å². The quantitative estimate of drug-likeness (QED) is 0.800. The second-order valence-corrected chi connectivity index (χ2v) is 4.35. The fourth-order valence-electron chi connectivity index (χ4n) is 2.40. The first-order valence-corrected chi connectivity index (χ1v) is 5.73. The van der Waals surface area contributed by atoms with Gasteiger partial charge in [-0.25, -0.2) is 0 Å². The molecule has 16 heavy (non-hydrogen) atoms. The van der Waals surface area contributed by atoms with E-state index >= 15 is 0 Å². The molecule has 1 aliphatic carbocycles. The average Bonchev–Trinajstić information content (AvgIpc) is 2.87. The number of carboxylic acids is 1. The molecule has 88 valence electrons. The van der Waals surface area contributed by atoms with Gasteiger partial charge in [-0.1, -0.05) is 6.42 Å². The standard InChI is InChI=1S/C12H17NO3/c14-12(15)11-5-1-3-9(11)7-13-8-10-4-2-6-16-10/h2,4,6,9,11,13H,1,3,5,7-8H2,(H,14,15). The van der Waals surface area contributed by atoms with Crippen molar-refractivity contribution in [3.63, 3.8) is 0 Å². The van der Waals surface area contributed by atoms with Crippen molar-refractivity contribution in [1.29, 1.82) is 0 Å². The first-order chi connectivity index (χ1) is 7.77. The molecule has 0 saturated heterocycles. The van der Waals surface area contributed by atoms with Gasteiger partial charge in [0.1, 0.15) is 5.76 Å². The van der Waals surface area contributed by atoms with Gasteiger partial charge in [0.05, 0.1) is 18.7 Å². The number of hydrogen-bond donors (Lipinski definition) is 2. The molecule has 2 atom stereocenters. The third-order valence-corrected chi connectivity index (χ3v) is 3.26. The highest BCUT2D eigenvalue weighted by molar-refractivity contribution is 5.70. The maximum Gasteiger partial charge on any atom is 0.306 e. The summed E-state index contributed by atoms with van der Waals surface area (Å²) in [7, 11) is 0. The molecule has 0 aromatic carbocycles. The summed E-state index contributed by atoms with van der Waals surface area (Å²) in [6.07, 6.45) is 4.52. The molecule has 0 bridgehead atoms. The highest BCUT2D eigenvalue weighted by atomic mass is 16.4. The predicted molar refractivity (Wildman–Crippen MR) is 58.9 cm³/mol. The lowest BCUT2D eigenvalue weighted by atomic mass is 9.96. The SMILES string of the molecule is O=C(O)C1CCCC1CNCc1ccco1. The van der Waals surface area contributed by atoms with Crippen LogP contribution in [0.3, 0.4) is 0 Å². The van der Waals surface area contributed by atoms with Crippen LogP contribution in [-0.2, 0) is 11.3 Å². The van der Waals surface area contributed by atoms with Gasteiger partial charge in [0.25, 0.3) is 0 Å². The van der Waals surface area contributed by atoms with Crippen molar-refractivity contribution < 1.29 is 14.3 Å². The van der Waals surface area contributed by atoms with Crippen LogP contribution in [0.2, 0.25) is 0 Å². The van der Waals surface area contributed by atoms with E-state index in [4.69, 9.17) is 9.52 Å². The van der Waals surface area contributed by atoms with Crippen LogP contribution in [0.4, 0.5) is 0 Å². The van der Waals surface area contributed by atoms with Gasteiger partial charge >= 0.3 is 5.97 Å². The molecule has 2 N–H and O–H groups in total. The number of carboxylic acid groups (broad SMARTS) is 1. The Morgan fingerprint density at radius 3 is 3.12 bits per heavy atom. The van der Waals surface area contributed by atoms with Crippen molar-refractivity contribution in [3.05, 3.63) is 24.2 Å². The molecule has 0 aliphatic heterocycles. The molecule has 1 aromatic heterocycles. The second kappa shape index (κ2) is 5.16. The molecule has 0 spiro atoms. The van der Waals surface area contributed by atoms with E-state index in [1.807, 2.05) is 12.1 Å². The zero-order chi connectivity index (χ0) is 11.4. The molecule has 1 aromatic rings. The number of carbonyl (C=O) groups is 1. The molecule has 4 nitrogen and oxygen atoms in total. The number of aliphatic carboxylic acids is 1. The molecule has 0 radical (unpaired) electrons. The summed E-state index contributed by atoms with van der Waals surface area (Å²) in [4.78, 5) is 11.0. The van der Waals surface area contributed by atoms with E-state index in [1.54, 1.807) is 6.26 Å². The molecule has 1 aliphatic rings. The molecule has 0 amide bonds. The van der Waals surface area contributed by atoms with Crippen LogP contribution in [0.25, 0.3) is 0 Å². The highest BCUT2D eigenvalue weighted by Gasteiger charge is 2.32. The Morgan fingerprint density at radius 2 is 2.44 bits per heavy atom. The summed E-state index contributed by atoms with van der Waals surface area (Å²) in [5, 5.41) is 12.3. The van der Waals surface area contributed by atoms with Crippen molar-refractivity contribution in [2.24, 2.45) is 11.8 Å². The topological polar surface area (TPSA) is 62.5 Å². The van der Waals surface area contributed by atoms with Gasteiger partial charge in [-0.15, -0.1) is 0 Å². The predicted octanol–water partition coefficient (Wildman–Crippen LogP) is 1.87. The van der Waals surface area contributed by atoms with Crippen molar-refractivity contribution in [2.45, 2.75) is 25.8 Å². The van der Waals surface area contributed by atoms with Crippen molar-refractivity contribution >= 4 is 5.97 Å². The van der Waals surface area contributed by atoms with Crippen LogP contribution in [0.5, 0.6) is 0 Å². The summed E-state index contributed by atoms with van der Waals surface area (Å²) in [5.41, 5.74) is 0. The molecule has 1 saturated carbocycles. The zero-order valence-corrected chi connectivity index (χ0v) is 9.19. The minimum Gasteiger partial charge on any atom is -0.481 e. The van der Waals surface area contributed by atoms with Crippen molar-refractivity contribution in [2.75, 3.05) is 6.54 Å². The van der Waals surface area contributed by atoms with Crippen LogP contribution in [-0.4, -0.2) is 17.6 Å². The zero-order valence-electron chi connectivity index (χ0n) is 9.19. The summed E-state index contributed by atoms with van der Waals surface area (Å²) in [5.74, 6) is 0.351. The van der Waals surface area contributed by atoms with Crippen molar-refractivity contribution in [3.8, 4) is 0 Å². The maximum atomic E-state index is 11.0. The van der Waals surface area contributed by atoms with Gasteiger partial charge in [-0.3, -0.25) is 4.79 Å². The molecule has 2 rings (SSSR count). The lowest BCUT2D eigenvalue weighted by molar-refractivity contribution is -0.142. The van der Waals surface area contributed by atoms with E-state index in [0.29, 0.717) is 6.54 Å². The number of rotatable bonds is 5. The Morgan fingerprint density at radius 1 is 1.56 bits per heavy atom. The number of furan rings is 1. The lowest BCUT2D eigenvalue weighted by Gasteiger charge is -2.15. The minimum atomic E-state index is -0.651. The summed E-state index contributed by atoms with van der Waals surface area (Å²) in [6, 6.07) is 3.77. The smallest absolute Gasteiger partial charge is 0.306 e. The van der Waals surface area contributed by atoms with Crippen molar-refractivity contribution in [1.82, 2.24) is 5.32 Å². The largest absolute Gasteiger partial charge is 0.481 e. The number of hydrogen-bond acceptors (Lipinski definition) is 3. The Balaban J connectivity index is 1.75. The van der Waals surface area contributed by atoms with Gasteiger partial charge in [0.15, 0.2) is 0 Å². The van der Waals surface area contributed by atoms with Crippen LogP contribution >= 0.6 is 0 Å². The monoisotopic (exact) mass is 223 g/mol. The van der Waals surface area contributed by atoms with E-state index in [9.17, 15) is 4.79 Å². The Hall–Kier alpha value is -1.29. The van der Waals surface area contributed by atoms with Crippen LogP contribution < -0.4 is 5.32 Å². The summed E-state index contributed by atoms with van der Waals surface area (Å²) >= 11 is 0. The van der Waals surface area contributed by atoms with Gasteiger partial charge in [-0.05, 0) is 37.4 Å². The molecule has 1 heterocycles. The Kier molecular flexibility index (Phi) is 3.62. The molecular weight excluding hydrogens is 206 g/mol. The molecule has 1 fully saturated rings. The molecular formula is C12H17NO3. The fraction of sp³-hybridized carbons (Fsp3) is 0.583. The van der Waals surface area contributed by atoms with E-state index in [0.717, 1.165) is 31.6 Å². The number of nitrogens with one attached hydrogen (secondary N) is 1. The first kappa shape index (κ1) is 11.2. The second-order valence-electron chi connectivity index (χ2n) is 4.35. The molecule has 4 heteroatoms. The van der Waals surface area contributed by atoms with Gasteiger partial charge in [0.2, 0.25) is 0 Å². The Bertz CT molecular complexity index is 334. The lowest BCUT2D eigenvalue weighted by Crippen LogP contribution is -2.28. The van der Waals surface area contributed by atoms with Gasteiger partial charge in [0, 0.05) is 0 Å². The summed E-state index contributed by atoms with van der Waals surface area (Å²) in [6.45, 7) is 1.44. The van der Waals surface area contributed by atoms with E-state index in [1.165, 1.54) is 0 Å². The summed E-state index contributed by atoms with van der Waals surface area (Å²) < 4.78 is 5.19. The fourth-order valence-corrected chi connectivity index (χ4v) is 2.40. The third kappa shape index (κ3) is 2.64. The van der Waals surface area contributed by atoms with Gasteiger partial charge in [-0.2, -0.15) is 0 Å². The van der Waals surface area contributed by atoms with Crippen LogP contribution in [0.15, 0.2) is 22.8 Å². The molecule has 2 unspecified atom stereocenters. The minimum absolute atomic E-state index is 0.163. The highest BCUT2D eigenvalue weighted by Crippen LogP contribution is 2.31. The Labute approximate surface area is 94.6 Å². The van der Waals surface area contributed by atoms with Gasteiger partial charge < -0.3 is 14.8 Å². The van der Waals surface area contributed by atoms with E-state index in [2.05, 4.69) is 5.32 Å². The normalized spacial score (nSPS) is 24.8.